The second-order valence-corrected chi connectivity index (χ2v) is 33.2. The normalized spacial score (nSPS) is 10.8. The van der Waals surface area contributed by atoms with Crippen molar-refractivity contribution in [3.05, 3.63) is 411 Å². The summed E-state index contributed by atoms with van der Waals surface area (Å²) in [5.41, 5.74) is 14.8. The number of carboxylic acid groups (broad SMARTS) is 8. The Bertz CT molecular complexity index is 8810. The van der Waals surface area contributed by atoms with Crippen LogP contribution in [0.5, 0.6) is 0 Å². The van der Waals surface area contributed by atoms with Gasteiger partial charge in [-0.1, -0.05) is 132 Å². The summed E-state index contributed by atoms with van der Waals surface area (Å²) < 4.78 is 44.9. The van der Waals surface area contributed by atoms with Gasteiger partial charge in [-0.05, 0) is 218 Å². The van der Waals surface area contributed by atoms with Gasteiger partial charge >= 0.3 is 47.8 Å². The van der Waals surface area contributed by atoms with Crippen molar-refractivity contribution in [3.63, 3.8) is 0 Å². The molecule has 0 aliphatic carbocycles. The van der Waals surface area contributed by atoms with Crippen molar-refractivity contribution in [2.24, 2.45) is 0 Å². The topological polar surface area (TPSA) is 554 Å². The van der Waals surface area contributed by atoms with Crippen LogP contribution in [0.25, 0.3) is 180 Å². The smallest absolute Gasteiger partial charge is 0.337 e. The first-order valence-electron chi connectivity index (χ1n) is 44.2. The minimum absolute atomic E-state index is 0.0938. The molecule has 0 radical (unpaired) electrons. The number of aromatic carboxylic acids is 8. The molecule has 149 heavy (non-hydrogen) atoms. The van der Waals surface area contributed by atoms with E-state index in [1.807, 2.05) is 54.6 Å². The number of rotatable bonds is 16. The molecular weight excluding hydrogens is 1980 g/mol. The zero-order valence-electron chi connectivity index (χ0n) is 76.3. The Kier molecular flexibility index (Phi) is 29.9. The van der Waals surface area contributed by atoms with E-state index in [0.717, 1.165) is 22.3 Å². The third-order valence-corrected chi connectivity index (χ3v) is 23.2. The number of H-pyrrole nitrogens is 8. The molecule has 10 aromatic heterocycles. The summed E-state index contributed by atoms with van der Waals surface area (Å²) in [7, 11) is 0. The first kappa shape index (κ1) is 100. The van der Waals surface area contributed by atoms with Gasteiger partial charge in [-0.2, -0.15) is 0 Å². The lowest BCUT2D eigenvalue weighted by atomic mass is 10.2. The van der Waals surface area contributed by atoms with Crippen molar-refractivity contribution in [3.8, 4) is 91.3 Å². The molecule has 0 saturated carbocycles. The number of hydrogen-bond donors (Lipinski definition) is 16. The summed E-state index contributed by atoms with van der Waals surface area (Å²) in [6.07, 6.45) is 4.88. The molecular formula is C109H71Cl3F3N17O17. The number of fused-ring (bicyclic) bond motifs is 8. The average Bonchev–Trinajstić information content (AvgIpc) is 1.69. The molecule has 40 heteroatoms. The van der Waals surface area contributed by atoms with E-state index < -0.39 is 53.6 Å². The number of nitrogens with zero attached hydrogens (tertiary/aromatic N) is 9. The lowest BCUT2D eigenvalue weighted by molar-refractivity contribution is 0.0688. The number of para-hydroxylation sites is 8. The predicted octanol–water partition coefficient (Wildman–Crippen LogP) is 24.8. The molecule has 0 saturated heterocycles. The van der Waals surface area contributed by atoms with Crippen LogP contribution >= 0.6 is 34.8 Å². The number of aromatic nitrogens is 17. The molecule has 0 spiro atoms. The lowest BCUT2D eigenvalue weighted by Gasteiger charge is -1.98. The van der Waals surface area contributed by atoms with Gasteiger partial charge in [0.15, 0.2) is 11.6 Å². The molecule has 0 atom stereocenters. The van der Waals surface area contributed by atoms with Gasteiger partial charge in [0, 0.05) is 55.8 Å². The van der Waals surface area contributed by atoms with Crippen molar-refractivity contribution in [1.29, 1.82) is 0 Å². The van der Waals surface area contributed by atoms with E-state index in [1.165, 1.54) is 72.8 Å². The highest BCUT2D eigenvalue weighted by atomic mass is 35.5. The molecule has 14 aromatic carbocycles. The fourth-order valence-corrected chi connectivity index (χ4v) is 16.0. The largest absolute Gasteiger partial charge is 0.478 e. The zero-order chi connectivity index (χ0) is 105. The number of benzene rings is 14. The molecule has 10 heterocycles. The van der Waals surface area contributed by atoms with Crippen LogP contribution in [0.3, 0.4) is 0 Å². The van der Waals surface area contributed by atoms with Crippen LogP contribution in [0, 0.1) is 17.5 Å². The number of pyridine rings is 1. The standard InChI is InChI=1S/3C14H9ClN2O2.3C14H9FN2O2.C13H9N3O2.C12H8N2O3/c15-9-4-1-3-8(7-9)13-16-11-6-2-5-10(14(18)19)12(11)17-13;15-10-6-2-1-4-8(10)13-16-11-7-3-5-9(14(18)19)12(11)17-13;15-9-6-4-8(5-7-9)13-16-11-3-1-2-10(14(18)19)12(11)17-13;15-9-4-1-3-8(7-9)13-16-11-6-2-5-10(14(18)19)12(11)17-13;15-10-6-2-1-4-8(10)13-16-11-7-3-5-9(14(18)19)12(11)17-13;15-9-6-4-8(5-7-9)13-16-11-3-1-2-10(14(18)19)12(11)17-13;17-13(18)9-2-1-3-10-11(9)16-12(15-10)8-4-6-14-7-5-8;15-12(16)7-3-1-4-8-10(7)14-11(13-8)9-5-2-6-17-9/h6*1-7H,(H,16,17)(H,18,19);1-7H,(H,15,16)(H,17,18);1-6H,(H,13,14)(H,15,16). The number of halogens is 6. The van der Waals surface area contributed by atoms with E-state index in [1.54, 1.807) is 207 Å². The van der Waals surface area contributed by atoms with Crippen molar-refractivity contribution in [2.75, 3.05) is 0 Å². The zero-order valence-corrected chi connectivity index (χ0v) is 78.6. The van der Waals surface area contributed by atoms with Crippen LogP contribution in [0.15, 0.2) is 339 Å². The van der Waals surface area contributed by atoms with E-state index in [2.05, 4.69) is 84.7 Å². The van der Waals surface area contributed by atoms with Gasteiger partial charge in [-0.25, -0.2) is 91.4 Å². The maximum absolute atomic E-state index is 13.7. The monoisotopic (exact) mass is 2050 g/mol. The van der Waals surface area contributed by atoms with Gasteiger partial charge in [-0.15, -0.1) is 0 Å². The summed E-state index contributed by atoms with van der Waals surface area (Å²) in [4.78, 5) is 152. The van der Waals surface area contributed by atoms with Gasteiger partial charge in [0.25, 0.3) is 0 Å². The highest BCUT2D eigenvalue weighted by Crippen LogP contribution is 2.35. The van der Waals surface area contributed by atoms with Crippen LogP contribution in [0.2, 0.25) is 15.1 Å². The summed E-state index contributed by atoms with van der Waals surface area (Å²) >= 11 is 17.9. The third-order valence-electron chi connectivity index (χ3n) is 22.3. The van der Waals surface area contributed by atoms with Gasteiger partial charge in [0.2, 0.25) is 0 Å². The molecule has 24 rings (SSSR count). The molecule has 0 amide bonds. The Morgan fingerprint density at radius 1 is 0.235 bits per heavy atom. The van der Waals surface area contributed by atoms with Crippen molar-refractivity contribution in [2.45, 2.75) is 0 Å². The minimum Gasteiger partial charge on any atom is -0.478 e. The second-order valence-electron chi connectivity index (χ2n) is 31.9. The van der Waals surface area contributed by atoms with Gasteiger partial charge < -0.3 is 85.1 Å². The van der Waals surface area contributed by atoms with Gasteiger partial charge in [0.05, 0.1) is 105 Å². The minimum atomic E-state index is -1.06. The van der Waals surface area contributed by atoms with Crippen LogP contribution in [-0.4, -0.2) is 173 Å². The predicted molar refractivity (Wildman–Crippen MR) is 553 cm³/mol. The Hall–Kier alpha value is -20.3. The number of nitrogens with one attached hydrogen (secondary N) is 8. The SMILES string of the molecule is O=C(O)c1cccc2[nH]c(-c3ccc(Cl)cc3)nc12.O=C(O)c1cccc2[nH]c(-c3ccc(F)cc3)nc12.O=C(O)c1cccc2[nH]c(-c3cccc(Cl)c3)nc12.O=C(O)c1cccc2[nH]c(-c3cccc(F)c3)nc12.O=C(O)c1cccc2[nH]c(-c3ccccc3Cl)nc12.O=C(O)c1cccc2[nH]c(-c3ccccc3F)nc12.O=C(O)c1cccc2[nH]c(-c3ccco3)nc12.O=C(O)c1cccc2[nH]c(-c3ccncc3)nc12. The van der Waals surface area contributed by atoms with E-state index in [0.29, 0.717) is 172 Å². The van der Waals surface area contributed by atoms with E-state index in [4.69, 9.17) is 80.1 Å². The molecule has 0 aliphatic rings. The highest BCUT2D eigenvalue weighted by Gasteiger charge is 2.24. The quantitative estimate of drug-likeness (QED) is 0.0427. The van der Waals surface area contributed by atoms with Crippen LogP contribution in [0.1, 0.15) is 82.9 Å². The molecule has 34 nitrogen and oxygen atoms in total. The first-order chi connectivity index (χ1) is 71.9. The molecule has 24 aromatic rings. The maximum Gasteiger partial charge on any atom is 0.337 e. The Labute approximate surface area is 849 Å². The molecule has 16 N–H and O–H groups in total. The summed E-state index contributed by atoms with van der Waals surface area (Å²) in [6, 6.07) is 86.5. The van der Waals surface area contributed by atoms with E-state index in [9.17, 15) is 51.5 Å². The number of aromatic amines is 8. The second kappa shape index (κ2) is 44.5. The lowest BCUT2D eigenvalue weighted by Crippen LogP contribution is -1.96. The first-order valence-corrected chi connectivity index (χ1v) is 45.3. The number of hydrogen-bond acceptors (Lipinski definition) is 18. The molecule has 0 bridgehead atoms. The van der Waals surface area contributed by atoms with Gasteiger partial charge in [0.1, 0.15) is 102 Å². The Balaban J connectivity index is 0.000000116. The van der Waals surface area contributed by atoms with Crippen molar-refractivity contribution < 1.29 is 96.8 Å². The average molecular weight is 2050 g/mol. The summed E-state index contributed by atoms with van der Waals surface area (Å²) in [5, 5.41) is 74.6. The fraction of sp³-hybridized carbons (Fsp3) is 0. The van der Waals surface area contributed by atoms with Crippen molar-refractivity contribution >= 4 is 171 Å². The Morgan fingerprint density at radius 2 is 0.517 bits per heavy atom. The Morgan fingerprint density at radius 3 is 0.846 bits per heavy atom. The maximum atomic E-state index is 13.7. The number of carbonyl (C=O) groups is 8. The number of carboxylic acids is 8. The van der Waals surface area contributed by atoms with Crippen LogP contribution in [0.4, 0.5) is 13.2 Å². The molecule has 0 aliphatic heterocycles. The fourth-order valence-electron chi connectivity index (χ4n) is 15.4. The molecule has 0 fully saturated rings. The van der Waals surface area contributed by atoms with Gasteiger partial charge in [-0.3, -0.25) is 4.98 Å². The summed E-state index contributed by atoms with van der Waals surface area (Å²) in [6.45, 7) is 0. The van der Waals surface area contributed by atoms with Crippen LogP contribution in [-0.2, 0) is 0 Å². The van der Waals surface area contributed by atoms with Crippen LogP contribution < -0.4 is 0 Å². The van der Waals surface area contributed by atoms with E-state index >= 15 is 0 Å². The molecule has 736 valence electrons. The molecule has 0 unspecified atom stereocenters. The number of imidazole rings is 8. The highest BCUT2D eigenvalue weighted by molar-refractivity contribution is 6.33. The number of furan rings is 1. The van der Waals surface area contributed by atoms with E-state index in [-0.39, 0.29) is 56.1 Å². The van der Waals surface area contributed by atoms with Crippen molar-refractivity contribution in [1.82, 2.24) is 84.7 Å². The summed E-state index contributed by atoms with van der Waals surface area (Å²) in [5.74, 6) is -4.34. The third kappa shape index (κ3) is 22.9.